The normalized spacial score (nSPS) is 21.0. The number of nitrogens with two attached hydrogens (primary N) is 1. The molecule has 0 bridgehead atoms. The van der Waals surface area contributed by atoms with Gasteiger partial charge in [-0.05, 0) is 50.3 Å². The largest absolute Gasteiger partial charge is 0.399 e. The average molecular weight is 290 g/mol. The summed E-state index contributed by atoms with van der Waals surface area (Å²) < 4.78 is 5.95. The third-order valence-electron chi connectivity index (χ3n) is 4.62. The molecule has 1 aromatic rings. The van der Waals surface area contributed by atoms with Crippen LogP contribution in [-0.4, -0.2) is 24.2 Å². The lowest BCUT2D eigenvalue weighted by Crippen LogP contribution is -2.48. The molecule has 21 heavy (non-hydrogen) atoms. The van der Waals surface area contributed by atoms with Crippen molar-refractivity contribution < 1.29 is 9.53 Å². The van der Waals surface area contributed by atoms with E-state index < -0.39 is 0 Å². The highest BCUT2D eigenvalue weighted by Gasteiger charge is 2.35. The Morgan fingerprint density at radius 3 is 2.81 bits per heavy atom. The Labute approximate surface area is 127 Å². The lowest BCUT2D eigenvalue weighted by molar-refractivity contribution is -0.0917. The number of nitrogens with one attached hydrogen (secondary N) is 1. The second-order valence-electron chi connectivity index (χ2n) is 5.98. The van der Waals surface area contributed by atoms with Gasteiger partial charge in [0.15, 0.2) is 0 Å². The minimum atomic E-state index is -0.0824. The number of anilines is 1. The molecule has 1 heterocycles. The molecule has 0 aromatic heterocycles. The lowest BCUT2D eigenvalue weighted by Gasteiger charge is -2.40. The van der Waals surface area contributed by atoms with E-state index in [4.69, 9.17) is 10.5 Å². The van der Waals surface area contributed by atoms with Crippen LogP contribution >= 0.6 is 0 Å². The van der Waals surface area contributed by atoms with E-state index in [0.29, 0.717) is 17.9 Å². The van der Waals surface area contributed by atoms with Crippen molar-refractivity contribution in [3.8, 4) is 0 Å². The Morgan fingerprint density at radius 2 is 2.14 bits per heavy atom. The van der Waals surface area contributed by atoms with Gasteiger partial charge in [-0.2, -0.15) is 0 Å². The molecule has 2 rings (SSSR count). The summed E-state index contributed by atoms with van der Waals surface area (Å²) in [5, 5.41) is 3.15. The summed E-state index contributed by atoms with van der Waals surface area (Å²) in [5.74, 6) is -0.0344. The number of carbonyl (C=O) groups excluding carboxylic acids is 1. The summed E-state index contributed by atoms with van der Waals surface area (Å²) in [4.78, 5) is 12.5. The first-order valence-corrected chi connectivity index (χ1v) is 7.80. The predicted octanol–water partition coefficient (Wildman–Crippen LogP) is 3.04. The number of hydrogen-bond acceptors (Lipinski definition) is 3. The molecule has 1 saturated heterocycles. The minimum Gasteiger partial charge on any atom is -0.399 e. The van der Waals surface area contributed by atoms with E-state index >= 15 is 0 Å². The second-order valence-corrected chi connectivity index (χ2v) is 5.98. The van der Waals surface area contributed by atoms with Crippen LogP contribution in [0.2, 0.25) is 0 Å². The van der Waals surface area contributed by atoms with Gasteiger partial charge in [0.05, 0.1) is 5.60 Å². The fourth-order valence-corrected chi connectivity index (χ4v) is 3.04. The number of rotatable bonds is 4. The van der Waals surface area contributed by atoms with Gasteiger partial charge in [0, 0.05) is 23.9 Å². The molecule has 0 spiro atoms. The molecule has 1 atom stereocenters. The van der Waals surface area contributed by atoms with Gasteiger partial charge >= 0.3 is 0 Å². The molecule has 1 aliphatic rings. The van der Waals surface area contributed by atoms with Gasteiger partial charge in [0.1, 0.15) is 0 Å². The van der Waals surface area contributed by atoms with Crippen molar-refractivity contribution in [2.24, 2.45) is 0 Å². The summed E-state index contributed by atoms with van der Waals surface area (Å²) in [6, 6.07) is 5.62. The first-order chi connectivity index (χ1) is 9.99. The number of aryl methyl sites for hydroxylation is 1. The number of nitrogen functional groups attached to an aromatic ring is 1. The highest BCUT2D eigenvalue weighted by molar-refractivity contribution is 5.96. The van der Waals surface area contributed by atoms with Crippen LogP contribution in [0.25, 0.3) is 0 Å². The van der Waals surface area contributed by atoms with Crippen molar-refractivity contribution >= 4 is 11.6 Å². The number of benzene rings is 1. The Bertz CT molecular complexity index is 510. The average Bonchev–Trinajstić information content (AvgIpc) is 2.49. The zero-order chi connectivity index (χ0) is 15.5. The zero-order valence-electron chi connectivity index (χ0n) is 13.2. The summed E-state index contributed by atoms with van der Waals surface area (Å²) in [7, 11) is 0. The SMILES string of the molecule is CCC1(CC)CC(NC(=O)c2cc(N)ccc2C)CCO1. The molecular formula is C17H26N2O2. The van der Waals surface area contributed by atoms with E-state index in [1.165, 1.54) is 0 Å². The van der Waals surface area contributed by atoms with E-state index in [0.717, 1.165) is 31.2 Å². The standard InChI is InChI=1S/C17H26N2O2/c1-4-17(5-2)11-14(8-9-21-17)19-16(20)15-10-13(18)7-6-12(15)3/h6-7,10,14H,4-5,8-9,11,18H2,1-3H3,(H,19,20). The minimum absolute atomic E-state index is 0.0344. The smallest absolute Gasteiger partial charge is 0.251 e. The monoisotopic (exact) mass is 290 g/mol. The quantitative estimate of drug-likeness (QED) is 0.838. The van der Waals surface area contributed by atoms with Crippen molar-refractivity contribution in [2.45, 2.75) is 58.1 Å². The summed E-state index contributed by atoms with van der Waals surface area (Å²) in [6.07, 6.45) is 3.71. The molecule has 4 heteroatoms. The molecule has 4 nitrogen and oxygen atoms in total. The molecule has 0 saturated carbocycles. The highest BCUT2D eigenvalue weighted by atomic mass is 16.5. The van der Waals surface area contributed by atoms with Crippen molar-refractivity contribution in [1.82, 2.24) is 5.32 Å². The fourth-order valence-electron chi connectivity index (χ4n) is 3.04. The van der Waals surface area contributed by atoms with Crippen molar-refractivity contribution in [3.63, 3.8) is 0 Å². The van der Waals surface area contributed by atoms with E-state index in [2.05, 4.69) is 19.2 Å². The number of hydrogen-bond donors (Lipinski definition) is 2. The van der Waals surface area contributed by atoms with Crippen molar-refractivity contribution in [2.75, 3.05) is 12.3 Å². The molecule has 3 N–H and O–H groups in total. The van der Waals surface area contributed by atoms with Gasteiger partial charge in [0.25, 0.3) is 5.91 Å². The maximum atomic E-state index is 12.5. The van der Waals surface area contributed by atoms with Crippen molar-refractivity contribution in [3.05, 3.63) is 29.3 Å². The summed E-state index contributed by atoms with van der Waals surface area (Å²) in [5.41, 5.74) is 7.94. The van der Waals surface area contributed by atoms with Gasteiger partial charge < -0.3 is 15.8 Å². The van der Waals surface area contributed by atoms with Crippen LogP contribution in [0.1, 0.15) is 55.5 Å². The van der Waals surface area contributed by atoms with E-state index in [1.54, 1.807) is 6.07 Å². The Hall–Kier alpha value is -1.55. The Morgan fingerprint density at radius 1 is 1.43 bits per heavy atom. The topological polar surface area (TPSA) is 64.4 Å². The zero-order valence-corrected chi connectivity index (χ0v) is 13.2. The van der Waals surface area contributed by atoms with E-state index in [1.807, 2.05) is 19.1 Å². The lowest BCUT2D eigenvalue weighted by atomic mass is 9.86. The molecule has 1 fully saturated rings. The van der Waals surface area contributed by atoms with Crippen LogP contribution in [0, 0.1) is 6.92 Å². The number of amides is 1. The van der Waals surface area contributed by atoms with Crippen LogP contribution in [0.15, 0.2) is 18.2 Å². The van der Waals surface area contributed by atoms with Crippen LogP contribution in [0.5, 0.6) is 0 Å². The molecular weight excluding hydrogens is 264 g/mol. The third-order valence-corrected chi connectivity index (χ3v) is 4.62. The molecule has 1 aromatic carbocycles. The van der Waals surface area contributed by atoms with Gasteiger partial charge in [-0.15, -0.1) is 0 Å². The van der Waals surface area contributed by atoms with Crippen LogP contribution < -0.4 is 11.1 Å². The number of ether oxygens (including phenoxy) is 1. The molecule has 0 aliphatic carbocycles. The summed E-state index contributed by atoms with van der Waals surface area (Å²) in [6.45, 7) is 6.94. The van der Waals surface area contributed by atoms with Gasteiger partial charge in [-0.1, -0.05) is 19.9 Å². The van der Waals surface area contributed by atoms with Crippen LogP contribution in [0.4, 0.5) is 5.69 Å². The fraction of sp³-hybridized carbons (Fsp3) is 0.588. The van der Waals surface area contributed by atoms with Crippen LogP contribution in [-0.2, 0) is 4.74 Å². The predicted molar refractivity (Wildman–Crippen MR) is 85.3 cm³/mol. The molecule has 1 aliphatic heterocycles. The first-order valence-electron chi connectivity index (χ1n) is 7.80. The van der Waals surface area contributed by atoms with Crippen LogP contribution in [0.3, 0.4) is 0 Å². The van der Waals surface area contributed by atoms with E-state index in [-0.39, 0.29) is 17.6 Å². The Balaban J connectivity index is 2.07. The summed E-state index contributed by atoms with van der Waals surface area (Å²) >= 11 is 0. The van der Waals surface area contributed by atoms with E-state index in [9.17, 15) is 4.79 Å². The van der Waals surface area contributed by atoms with Gasteiger partial charge in [0.2, 0.25) is 0 Å². The molecule has 0 radical (unpaired) electrons. The van der Waals surface area contributed by atoms with Gasteiger partial charge in [-0.25, -0.2) is 0 Å². The molecule has 1 unspecified atom stereocenters. The molecule has 1 amide bonds. The van der Waals surface area contributed by atoms with Gasteiger partial charge in [-0.3, -0.25) is 4.79 Å². The Kier molecular flexibility index (Phi) is 4.88. The third kappa shape index (κ3) is 3.56. The highest BCUT2D eigenvalue weighted by Crippen LogP contribution is 2.31. The number of carbonyl (C=O) groups is 1. The maximum absolute atomic E-state index is 12.5. The molecule has 116 valence electrons. The maximum Gasteiger partial charge on any atom is 0.251 e. The second kappa shape index (κ2) is 6.48. The van der Waals surface area contributed by atoms with Crippen molar-refractivity contribution in [1.29, 1.82) is 0 Å². The first kappa shape index (κ1) is 15.8.